The van der Waals surface area contributed by atoms with Crippen LogP contribution in [0, 0.1) is 87.8 Å². The predicted molar refractivity (Wildman–Crippen MR) is 0 cm³/mol. The molecule has 0 aromatic carbocycles. The summed E-state index contributed by atoms with van der Waals surface area (Å²) in [5.41, 5.74) is 0. The molecule has 0 bridgehead atoms. The van der Waals surface area contributed by atoms with Gasteiger partial charge in [0.15, 0.2) is 0 Å². The predicted octanol–water partition coefficient (Wildman–Crippen LogP) is -5.99. The van der Waals surface area contributed by atoms with Gasteiger partial charge in [-0.3, -0.25) is 0 Å². The molecule has 0 heterocycles. The fourth-order valence-corrected chi connectivity index (χ4v) is 0. The molecule has 0 spiro atoms. The van der Waals surface area contributed by atoms with Crippen LogP contribution in [0.15, 0.2) is 0 Å². The van der Waals surface area contributed by atoms with Crippen LogP contribution in [-0.2, 0) is 0 Å². The molecule has 0 amide bonds. The van der Waals surface area contributed by atoms with Gasteiger partial charge in [-0.25, -0.2) is 0 Å². The molecule has 0 N–H and O–H groups in total. The molecule has 0 fully saturated rings. The molecule has 0 nitrogen and oxygen atoms in total. The Morgan fingerprint density at radius 1 is 1.00 bits per heavy atom. The van der Waals surface area contributed by atoms with Gasteiger partial charge in [0.2, 0.25) is 0 Å². The van der Waals surface area contributed by atoms with E-state index in [0.717, 1.165) is 0 Å². The molecule has 4 heavy (non-hydrogen) atoms. The Labute approximate surface area is 108 Å². The van der Waals surface area contributed by atoms with Crippen molar-refractivity contribution >= 4 is 0 Å². The van der Waals surface area contributed by atoms with Crippen LogP contribution in [-0.4, -0.2) is 0 Å². The summed E-state index contributed by atoms with van der Waals surface area (Å²) in [6.07, 6.45) is 0. The molecule has 0 radical (unpaired) electrons. The summed E-state index contributed by atoms with van der Waals surface area (Å²) in [5.74, 6) is 0. The summed E-state index contributed by atoms with van der Waals surface area (Å²) in [4.78, 5) is 0. The SMILES string of the molecule is [F-].[Li+].[Nd].[Yb]. The molecule has 0 saturated heterocycles. The second-order valence-electron chi connectivity index (χ2n) is 0. The summed E-state index contributed by atoms with van der Waals surface area (Å²) >= 11 is 0. The molecule has 26 valence electrons. The van der Waals surface area contributed by atoms with E-state index in [1.807, 2.05) is 0 Å². The van der Waals surface area contributed by atoms with Crippen molar-refractivity contribution in [3.05, 3.63) is 0 Å². The van der Waals surface area contributed by atoms with E-state index in [9.17, 15) is 0 Å². The monoisotopic (exact) mass is 342 g/mol. The molecule has 0 unspecified atom stereocenters. The van der Waals surface area contributed by atoms with Crippen molar-refractivity contribution in [3.8, 4) is 0 Å². The van der Waals surface area contributed by atoms with Crippen LogP contribution in [0.4, 0.5) is 0 Å². The third kappa shape index (κ3) is 9.04. The Hall–Kier alpha value is 3.40. The van der Waals surface area contributed by atoms with Crippen molar-refractivity contribution in [2.75, 3.05) is 0 Å². The van der Waals surface area contributed by atoms with Crippen molar-refractivity contribution in [2.24, 2.45) is 0 Å². The second kappa shape index (κ2) is 16.1. The Bertz CT molecular complexity index is 8.00. The fourth-order valence-electron chi connectivity index (χ4n) is 0. The molecular weight excluding hydrogens is 343 g/mol. The third-order valence-electron chi connectivity index (χ3n) is 0. The van der Waals surface area contributed by atoms with Gasteiger partial charge in [-0.1, -0.05) is 0 Å². The van der Waals surface area contributed by atoms with E-state index in [0.29, 0.717) is 0 Å². The summed E-state index contributed by atoms with van der Waals surface area (Å²) in [6, 6.07) is 0. The first-order valence-electron chi connectivity index (χ1n) is 0. The van der Waals surface area contributed by atoms with Gasteiger partial charge in [0.25, 0.3) is 0 Å². The van der Waals surface area contributed by atoms with E-state index in [2.05, 4.69) is 0 Å². The Balaban J connectivity index is 0. The second-order valence-corrected chi connectivity index (χ2v) is 0. The van der Waals surface area contributed by atoms with Gasteiger partial charge in [0.1, 0.15) is 0 Å². The molecule has 0 aliphatic carbocycles. The minimum absolute atomic E-state index is 0. The topological polar surface area (TPSA) is 0 Å². The van der Waals surface area contributed by atoms with E-state index in [4.69, 9.17) is 0 Å². The smallest absolute Gasteiger partial charge is 1.00 e. The van der Waals surface area contributed by atoms with Gasteiger partial charge in [-0.05, 0) is 0 Å². The van der Waals surface area contributed by atoms with Crippen LogP contribution in [0.1, 0.15) is 0 Å². The maximum absolute atomic E-state index is 0. The fraction of sp³-hybridized carbons (Fsp3) is 0. The molecule has 0 aliphatic rings. The standard InChI is InChI=1S/FH.Li.Nd.Yb/h1H;;;/q;+1;;/p-1. The van der Waals surface area contributed by atoms with Gasteiger partial charge in [-0.15, -0.1) is 0 Å². The Morgan fingerprint density at radius 3 is 1.00 bits per heavy atom. The summed E-state index contributed by atoms with van der Waals surface area (Å²) in [6.45, 7) is 0. The van der Waals surface area contributed by atoms with E-state index >= 15 is 0 Å². The van der Waals surface area contributed by atoms with E-state index < -0.39 is 0 Å². The molecule has 0 atom stereocenters. The van der Waals surface area contributed by atoms with Crippen LogP contribution >= 0.6 is 0 Å². The van der Waals surface area contributed by atoms with Crippen LogP contribution in [0.2, 0.25) is 0 Å². The number of hydrogen-bond acceptors (Lipinski definition) is 0. The maximum Gasteiger partial charge on any atom is 1.00 e. The maximum atomic E-state index is 0. The van der Waals surface area contributed by atoms with Crippen molar-refractivity contribution < 1.29 is 111 Å². The molecular formula is FLiNdYb. The van der Waals surface area contributed by atoms with Crippen molar-refractivity contribution in [3.63, 3.8) is 0 Å². The quantitative estimate of drug-likeness (QED) is 0.385. The first-order chi connectivity index (χ1) is 0. The normalized spacial score (nSPS) is 0. The van der Waals surface area contributed by atoms with E-state index in [-0.39, 0.29) is 111 Å². The Morgan fingerprint density at radius 2 is 1.00 bits per heavy atom. The summed E-state index contributed by atoms with van der Waals surface area (Å²) < 4.78 is 0. The van der Waals surface area contributed by atoms with Crippen LogP contribution < -0.4 is 23.6 Å². The van der Waals surface area contributed by atoms with E-state index in [1.165, 1.54) is 0 Å². The number of hydrogen-bond donors (Lipinski definition) is 0. The average molecular weight is 343 g/mol. The van der Waals surface area contributed by atoms with Crippen molar-refractivity contribution in [1.29, 1.82) is 0 Å². The zero-order valence-corrected chi connectivity index (χ0v) is 7.07. The molecule has 4 heteroatoms. The van der Waals surface area contributed by atoms with Gasteiger partial charge >= 0.3 is 18.9 Å². The number of halogens is 1. The van der Waals surface area contributed by atoms with E-state index in [1.54, 1.807) is 0 Å². The van der Waals surface area contributed by atoms with Gasteiger partial charge in [0.05, 0.1) is 0 Å². The van der Waals surface area contributed by atoms with Crippen LogP contribution in [0.25, 0.3) is 0 Å². The van der Waals surface area contributed by atoms with Gasteiger partial charge < -0.3 is 4.70 Å². The largest absolute Gasteiger partial charge is 1.00 e. The van der Waals surface area contributed by atoms with Crippen molar-refractivity contribution in [1.82, 2.24) is 0 Å². The first-order valence-corrected chi connectivity index (χ1v) is 0. The minimum Gasteiger partial charge on any atom is -1.00 e. The molecule has 0 aromatic rings. The van der Waals surface area contributed by atoms with Gasteiger partial charge in [-0.2, -0.15) is 0 Å². The molecule has 0 rings (SSSR count). The number of rotatable bonds is 0. The average Bonchev–Trinajstić information content (AvgIpc) is 0. The summed E-state index contributed by atoms with van der Waals surface area (Å²) in [5, 5.41) is 0. The van der Waals surface area contributed by atoms with Crippen LogP contribution in [0.5, 0.6) is 0 Å². The Kier molecular flexibility index (Phi) is 106. The summed E-state index contributed by atoms with van der Waals surface area (Å²) in [7, 11) is 0. The third-order valence-corrected chi connectivity index (χ3v) is 0. The molecule has 0 aliphatic heterocycles. The molecule has 0 aromatic heterocycles. The van der Waals surface area contributed by atoms with Crippen LogP contribution in [0.3, 0.4) is 0 Å². The van der Waals surface area contributed by atoms with Gasteiger partial charge in [0, 0.05) is 87.8 Å². The zero-order chi connectivity index (χ0) is 0. The zero-order valence-electron chi connectivity index (χ0n) is 2.15. The first kappa shape index (κ1) is 26.2. The van der Waals surface area contributed by atoms with Crippen molar-refractivity contribution in [2.45, 2.75) is 0 Å². The minimum atomic E-state index is 0. The molecule has 0 saturated carbocycles.